The Balaban J connectivity index is 0.00000182. The molecule has 0 fully saturated rings. The maximum absolute atomic E-state index is 12.3. The molecule has 0 unspecified atom stereocenters. The van der Waals surface area contributed by atoms with Crippen LogP contribution in [0.5, 0.6) is 0 Å². The summed E-state index contributed by atoms with van der Waals surface area (Å²) in [6.07, 6.45) is 0.187. The van der Waals surface area contributed by atoms with E-state index in [-0.39, 0.29) is 98.6 Å². The number of carboxylic acid groups (broad SMARTS) is 2. The monoisotopic (exact) mass is 388 g/mol. The SMILES string of the molecule is CCc1c2oc(C(=O)[O-])cc(=O)c2c(C)c2c(=O)cc(C(=O)[O-])oc12.[Na+].[Na+]. The fraction of sp³-hybridized carbons (Fsp3) is 0.176. The van der Waals surface area contributed by atoms with E-state index >= 15 is 0 Å². The van der Waals surface area contributed by atoms with E-state index in [1.165, 1.54) is 6.92 Å². The van der Waals surface area contributed by atoms with Crippen molar-refractivity contribution in [2.24, 2.45) is 0 Å². The fourth-order valence-corrected chi connectivity index (χ4v) is 2.87. The molecule has 3 rings (SSSR count). The van der Waals surface area contributed by atoms with Crippen molar-refractivity contribution < 1.29 is 87.8 Å². The number of benzene rings is 1. The van der Waals surface area contributed by atoms with Gasteiger partial charge >= 0.3 is 59.1 Å². The van der Waals surface area contributed by atoms with Crippen LogP contribution in [0.2, 0.25) is 0 Å². The molecule has 8 nitrogen and oxygen atoms in total. The first-order chi connectivity index (χ1) is 11.8. The average Bonchev–Trinajstić information content (AvgIpc) is 2.53. The summed E-state index contributed by atoms with van der Waals surface area (Å²) >= 11 is 0. The van der Waals surface area contributed by atoms with Gasteiger partial charge < -0.3 is 28.6 Å². The molecule has 0 amide bonds. The molecule has 1 aromatic carbocycles. The molecule has 0 aliphatic rings. The van der Waals surface area contributed by atoms with E-state index in [2.05, 4.69) is 0 Å². The normalized spacial score (nSPS) is 10.3. The van der Waals surface area contributed by atoms with Crippen molar-refractivity contribution >= 4 is 33.9 Å². The van der Waals surface area contributed by atoms with Crippen molar-refractivity contribution in [3.63, 3.8) is 0 Å². The van der Waals surface area contributed by atoms with Crippen LogP contribution in [-0.2, 0) is 6.42 Å². The van der Waals surface area contributed by atoms with Gasteiger partial charge in [0.25, 0.3) is 0 Å². The summed E-state index contributed by atoms with van der Waals surface area (Å²) < 4.78 is 10.5. The second-order valence-electron chi connectivity index (χ2n) is 5.39. The fourth-order valence-electron chi connectivity index (χ4n) is 2.87. The van der Waals surface area contributed by atoms with Gasteiger partial charge in [0.1, 0.15) is 23.1 Å². The molecule has 0 aliphatic carbocycles. The quantitative estimate of drug-likeness (QED) is 0.319. The number of carboxylic acids is 2. The van der Waals surface area contributed by atoms with Crippen LogP contribution in [0, 0.1) is 6.92 Å². The Morgan fingerprint density at radius 2 is 1.26 bits per heavy atom. The molecule has 0 radical (unpaired) electrons. The summed E-state index contributed by atoms with van der Waals surface area (Å²) in [5.41, 5.74) is -1.07. The van der Waals surface area contributed by atoms with Crippen LogP contribution in [-0.4, -0.2) is 11.9 Å². The largest absolute Gasteiger partial charge is 1.00 e. The Morgan fingerprint density at radius 3 is 1.56 bits per heavy atom. The number of fused-ring (bicyclic) bond motifs is 2. The number of aryl methyl sites for hydroxylation is 2. The van der Waals surface area contributed by atoms with Crippen molar-refractivity contribution in [3.8, 4) is 0 Å². The van der Waals surface area contributed by atoms with Gasteiger partial charge in [-0.05, 0) is 18.9 Å². The summed E-state index contributed by atoms with van der Waals surface area (Å²) in [5.74, 6) is -4.71. The Bertz CT molecular complexity index is 1100. The van der Waals surface area contributed by atoms with Crippen LogP contribution in [0.15, 0.2) is 30.6 Å². The first kappa shape index (κ1) is 23.6. The third-order valence-corrected chi connectivity index (χ3v) is 3.95. The van der Waals surface area contributed by atoms with Crippen LogP contribution in [0.1, 0.15) is 39.2 Å². The molecule has 27 heavy (non-hydrogen) atoms. The van der Waals surface area contributed by atoms with Crippen molar-refractivity contribution in [1.82, 2.24) is 0 Å². The first-order valence-electron chi connectivity index (χ1n) is 7.26. The van der Waals surface area contributed by atoms with Gasteiger partial charge in [0, 0.05) is 17.7 Å². The minimum atomic E-state index is -1.68. The van der Waals surface area contributed by atoms with E-state index < -0.39 is 34.3 Å². The minimum Gasteiger partial charge on any atom is -0.542 e. The van der Waals surface area contributed by atoms with Crippen molar-refractivity contribution in [3.05, 3.63) is 55.2 Å². The van der Waals surface area contributed by atoms with Crippen LogP contribution in [0.4, 0.5) is 0 Å². The number of carbonyl (C=O) groups is 2. The zero-order valence-electron chi connectivity index (χ0n) is 15.1. The van der Waals surface area contributed by atoms with Gasteiger partial charge in [-0.2, -0.15) is 0 Å². The zero-order valence-corrected chi connectivity index (χ0v) is 19.1. The molecule has 2 aromatic heterocycles. The maximum atomic E-state index is 12.3. The van der Waals surface area contributed by atoms with E-state index in [1.807, 2.05) is 0 Å². The van der Waals surface area contributed by atoms with E-state index in [9.17, 15) is 29.4 Å². The summed E-state index contributed by atoms with van der Waals surface area (Å²) in [7, 11) is 0. The average molecular weight is 388 g/mol. The third-order valence-electron chi connectivity index (χ3n) is 3.95. The number of rotatable bonds is 3. The molecule has 3 aromatic rings. The number of carbonyl (C=O) groups excluding carboxylic acids is 2. The molecule has 2 heterocycles. The second-order valence-corrected chi connectivity index (χ2v) is 5.39. The van der Waals surface area contributed by atoms with Crippen molar-refractivity contribution in [1.29, 1.82) is 0 Å². The Kier molecular flexibility index (Phi) is 7.63. The third kappa shape index (κ3) is 3.91. The molecule has 0 spiro atoms. The van der Waals surface area contributed by atoms with Crippen LogP contribution < -0.4 is 80.2 Å². The van der Waals surface area contributed by atoms with Gasteiger partial charge in [-0.1, -0.05) is 6.92 Å². The topological polar surface area (TPSA) is 141 Å². The number of hydrogen-bond donors (Lipinski definition) is 0. The van der Waals surface area contributed by atoms with Gasteiger partial charge in [-0.25, -0.2) is 0 Å². The predicted molar refractivity (Wildman–Crippen MR) is 81.3 cm³/mol. The van der Waals surface area contributed by atoms with Crippen molar-refractivity contribution in [2.75, 3.05) is 0 Å². The molecule has 128 valence electrons. The number of hydrogen-bond acceptors (Lipinski definition) is 8. The Labute approximate surface area is 195 Å². The van der Waals surface area contributed by atoms with E-state index in [1.54, 1.807) is 6.92 Å². The van der Waals surface area contributed by atoms with Crippen molar-refractivity contribution in [2.45, 2.75) is 20.3 Å². The molecular formula is C17H10Na2O8. The van der Waals surface area contributed by atoms with Gasteiger partial charge in [-0.3, -0.25) is 9.59 Å². The second kappa shape index (κ2) is 8.72. The summed E-state index contributed by atoms with van der Waals surface area (Å²) in [4.78, 5) is 46.7. The maximum Gasteiger partial charge on any atom is 1.00 e. The molecule has 0 saturated heterocycles. The molecule has 0 atom stereocenters. The van der Waals surface area contributed by atoms with E-state index in [0.717, 1.165) is 12.1 Å². The van der Waals surface area contributed by atoms with Crippen LogP contribution in [0.25, 0.3) is 21.9 Å². The number of aromatic carboxylic acids is 2. The predicted octanol–water partition coefficient (Wildman–Crippen LogP) is -6.49. The minimum absolute atomic E-state index is 0. The molecule has 0 saturated carbocycles. The van der Waals surface area contributed by atoms with E-state index in [0.29, 0.717) is 0 Å². The summed E-state index contributed by atoms with van der Waals surface area (Å²) in [6, 6.07) is 1.54. The smallest absolute Gasteiger partial charge is 0.542 e. The van der Waals surface area contributed by atoms with E-state index in [4.69, 9.17) is 8.83 Å². The molecule has 0 aliphatic heterocycles. The Morgan fingerprint density at radius 1 is 0.889 bits per heavy atom. The molecule has 0 bridgehead atoms. The molecule has 10 heteroatoms. The van der Waals surface area contributed by atoms with Crippen LogP contribution in [0.3, 0.4) is 0 Å². The van der Waals surface area contributed by atoms with Gasteiger partial charge in [0.05, 0.1) is 10.8 Å². The Hall–Kier alpha value is -1.42. The van der Waals surface area contributed by atoms with Gasteiger partial charge in [0.2, 0.25) is 0 Å². The molecule has 0 N–H and O–H groups in total. The summed E-state index contributed by atoms with van der Waals surface area (Å²) in [5, 5.41) is 22.1. The van der Waals surface area contributed by atoms with Gasteiger partial charge in [0.15, 0.2) is 22.4 Å². The van der Waals surface area contributed by atoms with Gasteiger partial charge in [-0.15, -0.1) is 0 Å². The van der Waals surface area contributed by atoms with Crippen LogP contribution >= 0.6 is 0 Å². The zero-order chi connectivity index (χ0) is 18.5. The first-order valence-corrected chi connectivity index (χ1v) is 7.26. The standard InChI is InChI=1S/C17H12O8.2Na/c1-3-7-14-12(8(18)4-10(24-14)16(20)21)6(2)13-9(19)5-11(17(22)23)25-15(7)13;;/h4-5H,3H2,1-2H3,(H,20,21)(H,22,23);;/q;2*+1/p-2. The summed E-state index contributed by atoms with van der Waals surface area (Å²) in [6.45, 7) is 3.12. The molecular weight excluding hydrogens is 378 g/mol.